The number of hydrogen-bond donors (Lipinski definition) is 0. The molecule has 0 aliphatic heterocycles. The van der Waals surface area contributed by atoms with Gasteiger partial charge in [0, 0.05) is 29.3 Å². The second-order valence-electron chi connectivity index (χ2n) is 6.79. The molecule has 0 radical (unpaired) electrons. The standard InChI is InChI=1S/C18H13F4N5/c19-16-7-17-23-4-3-14(27(17)25-16)13-6-12(13)10-1-2-11-8-24-26(15(11)5-10)9-18(20,21)22/h1-5,7-8,12-13H,6,9H2/t12-,13+/m1/s1. The van der Waals surface area contributed by atoms with Crippen LogP contribution >= 0.6 is 0 Å². The zero-order valence-corrected chi connectivity index (χ0v) is 13.9. The highest BCUT2D eigenvalue weighted by atomic mass is 19.4. The molecule has 1 aliphatic carbocycles. The van der Waals surface area contributed by atoms with E-state index in [1.807, 2.05) is 6.07 Å². The summed E-state index contributed by atoms with van der Waals surface area (Å²) in [5.74, 6) is -0.336. The first-order valence-electron chi connectivity index (χ1n) is 8.41. The SMILES string of the molecule is Fc1cc2nccc([C@H]3C[C@@H]3c3ccc4cnn(CC(F)(F)F)c4c3)n2n1. The molecule has 2 atom stereocenters. The van der Waals surface area contributed by atoms with E-state index in [-0.39, 0.29) is 11.8 Å². The molecular formula is C18H13F4N5. The third-order valence-corrected chi connectivity index (χ3v) is 4.95. The summed E-state index contributed by atoms with van der Waals surface area (Å²) in [6.45, 7) is -1.12. The molecule has 0 unspecified atom stereocenters. The third kappa shape index (κ3) is 2.83. The van der Waals surface area contributed by atoms with Crippen LogP contribution in [0.25, 0.3) is 16.6 Å². The van der Waals surface area contributed by atoms with Crippen molar-refractivity contribution in [3.63, 3.8) is 0 Å². The van der Waals surface area contributed by atoms with E-state index in [1.54, 1.807) is 24.4 Å². The topological polar surface area (TPSA) is 48.0 Å². The number of halogens is 4. The lowest BCUT2D eigenvalue weighted by molar-refractivity contribution is -0.141. The van der Waals surface area contributed by atoms with Crippen LogP contribution in [0.4, 0.5) is 17.6 Å². The number of hydrogen-bond acceptors (Lipinski definition) is 3. The quantitative estimate of drug-likeness (QED) is 0.508. The average molecular weight is 375 g/mol. The van der Waals surface area contributed by atoms with E-state index in [1.165, 1.54) is 16.8 Å². The van der Waals surface area contributed by atoms with Crippen LogP contribution < -0.4 is 0 Å². The molecule has 1 aromatic carbocycles. The highest BCUT2D eigenvalue weighted by molar-refractivity contribution is 5.79. The molecule has 9 heteroatoms. The number of nitrogens with zero attached hydrogens (tertiary/aromatic N) is 5. The summed E-state index contributed by atoms with van der Waals surface area (Å²) in [6.07, 6.45) is -0.458. The molecule has 3 heterocycles. The fourth-order valence-corrected chi connectivity index (χ4v) is 3.67. The number of fused-ring (bicyclic) bond motifs is 2. The van der Waals surface area contributed by atoms with Crippen molar-refractivity contribution in [2.24, 2.45) is 0 Å². The van der Waals surface area contributed by atoms with Gasteiger partial charge in [-0.1, -0.05) is 12.1 Å². The van der Waals surface area contributed by atoms with E-state index in [0.717, 1.165) is 22.4 Å². The molecule has 0 amide bonds. The molecule has 0 N–H and O–H groups in total. The van der Waals surface area contributed by atoms with E-state index in [4.69, 9.17) is 0 Å². The van der Waals surface area contributed by atoms with Gasteiger partial charge < -0.3 is 0 Å². The van der Waals surface area contributed by atoms with E-state index in [9.17, 15) is 17.6 Å². The maximum Gasteiger partial charge on any atom is 0.408 e. The second kappa shape index (κ2) is 5.51. The lowest BCUT2D eigenvalue weighted by atomic mass is 10.1. The van der Waals surface area contributed by atoms with Crippen LogP contribution in [-0.2, 0) is 6.54 Å². The van der Waals surface area contributed by atoms with Crippen molar-refractivity contribution in [3.8, 4) is 0 Å². The van der Waals surface area contributed by atoms with Gasteiger partial charge >= 0.3 is 6.18 Å². The fourth-order valence-electron chi connectivity index (χ4n) is 3.67. The monoisotopic (exact) mass is 375 g/mol. The summed E-state index contributed by atoms with van der Waals surface area (Å²) in [4.78, 5) is 4.09. The first-order chi connectivity index (χ1) is 12.9. The molecule has 4 aromatic rings. The summed E-state index contributed by atoms with van der Waals surface area (Å²) >= 11 is 0. The predicted molar refractivity (Wildman–Crippen MR) is 88.8 cm³/mol. The minimum atomic E-state index is -4.33. The van der Waals surface area contributed by atoms with Crippen molar-refractivity contribution in [3.05, 3.63) is 59.9 Å². The Bertz CT molecular complexity index is 1160. The number of rotatable bonds is 3. The van der Waals surface area contributed by atoms with Crippen LogP contribution in [0.2, 0.25) is 0 Å². The molecule has 27 heavy (non-hydrogen) atoms. The molecule has 1 saturated carbocycles. The van der Waals surface area contributed by atoms with Gasteiger partial charge in [-0.2, -0.15) is 22.7 Å². The Hall–Kier alpha value is -2.97. The van der Waals surface area contributed by atoms with Crippen LogP contribution in [0, 0.1) is 5.95 Å². The molecule has 0 bridgehead atoms. The molecule has 3 aromatic heterocycles. The zero-order valence-electron chi connectivity index (χ0n) is 13.9. The smallest absolute Gasteiger partial charge is 0.256 e. The van der Waals surface area contributed by atoms with E-state index >= 15 is 0 Å². The minimum absolute atomic E-state index is 0.117. The van der Waals surface area contributed by atoms with Crippen LogP contribution in [0.5, 0.6) is 0 Å². The Morgan fingerprint density at radius 3 is 2.78 bits per heavy atom. The second-order valence-corrected chi connectivity index (χ2v) is 6.79. The number of alkyl halides is 3. The lowest BCUT2D eigenvalue weighted by Crippen LogP contribution is -2.18. The van der Waals surface area contributed by atoms with Crippen LogP contribution in [-0.4, -0.2) is 30.6 Å². The average Bonchev–Trinajstić information content (AvgIpc) is 3.16. The van der Waals surface area contributed by atoms with Crippen LogP contribution in [0.1, 0.15) is 29.5 Å². The highest BCUT2D eigenvalue weighted by Gasteiger charge is 2.41. The van der Waals surface area contributed by atoms with Gasteiger partial charge in [0.05, 0.1) is 11.7 Å². The summed E-state index contributed by atoms with van der Waals surface area (Å²) in [5.41, 5.74) is 2.68. The maximum atomic E-state index is 13.5. The van der Waals surface area contributed by atoms with Gasteiger partial charge in [0.1, 0.15) is 6.54 Å². The van der Waals surface area contributed by atoms with E-state index < -0.39 is 18.7 Å². The molecular weight excluding hydrogens is 362 g/mol. The Balaban J connectivity index is 1.49. The Labute approximate surface area is 150 Å². The van der Waals surface area contributed by atoms with Gasteiger partial charge in [-0.15, -0.1) is 5.10 Å². The molecule has 1 aliphatic rings. The summed E-state index contributed by atoms with van der Waals surface area (Å²) in [6, 6.07) is 8.53. The molecule has 1 fully saturated rings. The molecule has 0 saturated heterocycles. The first kappa shape index (κ1) is 16.2. The van der Waals surface area contributed by atoms with Crippen molar-refractivity contribution < 1.29 is 17.6 Å². The minimum Gasteiger partial charge on any atom is -0.256 e. The number of aromatic nitrogens is 5. The van der Waals surface area contributed by atoms with Crippen molar-refractivity contribution in [1.82, 2.24) is 24.4 Å². The molecule has 138 valence electrons. The summed E-state index contributed by atoms with van der Waals surface area (Å²) in [5, 5.41) is 8.37. The fraction of sp³-hybridized carbons (Fsp3) is 0.278. The third-order valence-electron chi connectivity index (χ3n) is 4.95. The van der Waals surface area contributed by atoms with Gasteiger partial charge in [-0.25, -0.2) is 9.50 Å². The van der Waals surface area contributed by atoms with Gasteiger partial charge in [-0.05, 0) is 30.0 Å². The Morgan fingerprint density at radius 2 is 1.96 bits per heavy atom. The Kier molecular flexibility index (Phi) is 3.31. The summed E-state index contributed by atoms with van der Waals surface area (Å²) in [7, 11) is 0. The highest BCUT2D eigenvalue weighted by Crippen LogP contribution is 2.54. The number of benzene rings is 1. The summed E-state index contributed by atoms with van der Waals surface area (Å²) < 4.78 is 54.2. The zero-order chi connectivity index (χ0) is 18.8. The molecule has 0 spiro atoms. The van der Waals surface area contributed by atoms with Crippen LogP contribution in [0.15, 0.2) is 42.7 Å². The molecule has 5 nitrogen and oxygen atoms in total. The normalized spacial score (nSPS) is 19.9. The molecule has 5 rings (SSSR count). The van der Waals surface area contributed by atoms with Crippen LogP contribution in [0.3, 0.4) is 0 Å². The van der Waals surface area contributed by atoms with Gasteiger partial charge in [-0.3, -0.25) is 4.68 Å². The van der Waals surface area contributed by atoms with Gasteiger partial charge in [0.25, 0.3) is 0 Å². The van der Waals surface area contributed by atoms with Crippen molar-refractivity contribution in [1.29, 1.82) is 0 Å². The van der Waals surface area contributed by atoms with Crippen molar-refractivity contribution >= 4 is 16.6 Å². The largest absolute Gasteiger partial charge is 0.408 e. The Morgan fingerprint density at radius 1 is 1.11 bits per heavy atom. The van der Waals surface area contributed by atoms with Crippen molar-refractivity contribution in [2.75, 3.05) is 0 Å². The first-order valence-corrected chi connectivity index (χ1v) is 8.41. The maximum absolute atomic E-state index is 13.5. The van der Waals surface area contributed by atoms with E-state index in [2.05, 4.69) is 15.2 Å². The van der Waals surface area contributed by atoms with E-state index in [0.29, 0.717) is 16.6 Å². The lowest BCUT2D eigenvalue weighted by Gasteiger charge is -2.08. The van der Waals surface area contributed by atoms with Crippen molar-refractivity contribution in [2.45, 2.75) is 31.0 Å². The predicted octanol–water partition coefficient (Wildman–Crippen LogP) is 4.05. The van der Waals surface area contributed by atoms with Gasteiger partial charge in [0.15, 0.2) is 5.65 Å². The van der Waals surface area contributed by atoms with Gasteiger partial charge in [0.2, 0.25) is 5.95 Å².